The minimum Gasteiger partial charge on any atom is -0.397 e. The van der Waals surface area contributed by atoms with Crippen LogP contribution in [0, 0.1) is 0 Å². The van der Waals surface area contributed by atoms with Crippen LogP contribution in [0.5, 0.6) is 0 Å². The Bertz CT molecular complexity index is 483. The fraction of sp³-hybridized carbons (Fsp3) is 0.562. The summed E-state index contributed by atoms with van der Waals surface area (Å²) in [7, 11) is 2.05. The number of hydrogen-bond donors (Lipinski definition) is 2. The van der Waals surface area contributed by atoms with Gasteiger partial charge in [-0.1, -0.05) is 0 Å². The summed E-state index contributed by atoms with van der Waals surface area (Å²) in [5.74, 6) is -0.0736. The van der Waals surface area contributed by atoms with E-state index in [4.69, 9.17) is 5.73 Å². The number of nitrogens with one attached hydrogen (secondary N) is 1. The first-order valence-corrected chi connectivity index (χ1v) is 7.73. The third-order valence-corrected chi connectivity index (χ3v) is 3.99. The van der Waals surface area contributed by atoms with Gasteiger partial charge in [0.15, 0.2) is 0 Å². The molecule has 0 aromatic heterocycles. The molecular formula is C16H26N4O. The molecule has 21 heavy (non-hydrogen) atoms. The Balaban J connectivity index is 1.97. The molecular weight excluding hydrogens is 264 g/mol. The van der Waals surface area contributed by atoms with Crippen LogP contribution in [0.25, 0.3) is 0 Å². The number of rotatable bonds is 6. The monoisotopic (exact) mass is 290 g/mol. The van der Waals surface area contributed by atoms with Crippen LogP contribution in [0.3, 0.4) is 0 Å². The molecule has 0 atom stereocenters. The number of hydrogen-bond acceptors (Lipinski definition) is 4. The molecule has 116 valence electrons. The van der Waals surface area contributed by atoms with Crippen molar-refractivity contribution >= 4 is 17.3 Å². The average Bonchev–Trinajstić information content (AvgIpc) is 2.98. The fourth-order valence-corrected chi connectivity index (χ4v) is 2.72. The number of nitrogen functional groups attached to an aromatic ring is 1. The lowest BCUT2D eigenvalue weighted by molar-refractivity contribution is 0.0956. The molecule has 0 radical (unpaired) electrons. The Hall–Kier alpha value is -1.75. The minimum atomic E-state index is -0.0736. The topological polar surface area (TPSA) is 61.6 Å². The van der Waals surface area contributed by atoms with E-state index in [9.17, 15) is 4.79 Å². The number of likely N-dealkylation sites (tertiary alicyclic amines) is 1. The van der Waals surface area contributed by atoms with Crippen molar-refractivity contribution in [2.24, 2.45) is 0 Å². The van der Waals surface area contributed by atoms with Crippen molar-refractivity contribution in [2.75, 3.05) is 50.4 Å². The SMILES string of the molecule is CCNC(=O)c1ccc(N(C)CCN2CCCC2)c(N)c1. The maximum Gasteiger partial charge on any atom is 0.251 e. The minimum absolute atomic E-state index is 0.0736. The van der Waals surface area contributed by atoms with Gasteiger partial charge in [0.05, 0.1) is 11.4 Å². The quantitative estimate of drug-likeness (QED) is 0.780. The van der Waals surface area contributed by atoms with E-state index in [2.05, 4.69) is 15.1 Å². The average molecular weight is 290 g/mol. The molecule has 5 heteroatoms. The molecule has 1 aliphatic rings. The maximum atomic E-state index is 11.8. The molecule has 0 unspecified atom stereocenters. The Morgan fingerprint density at radius 3 is 2.71 bits per heavy atom. The van der Waals surface area contributed by atoms with Gasteiger partial charge >= 0.3 is 0 Å². The summed E-state index contributed by atoms with van der Waals surface area (Å²) in [6.45, 7) is 6.95. The zero-order valence-corrected chi connectivity index (χ0v) is 13.1. The molecule has 3 N–H and O–H groups in total. The van der Waals surface area contributed by atoms with Crippen LogP contribution in [-0.2, 0) is 0 Å². The molecule has 0 saturated carbocycles. The van der Waals surface area contributed by atoms with E-state index in [0.29, 0.717) is 17.8 Å². The first kappa shape index (κ1) is 15.6. The predicted octanol–water partition coefficient (Wildman–Crippen LogP) is 1.55. The van der Waals surface area contributed by atoms with Crippen molar-refractivity contribution in [1.29, 1.82) is 0 Å². The zero-order valence-electron chi connectivity index (χ0n) is 13.1. The third kappa shape index (κ3) is 4.11. The van der Waals surface area contributed by atoms with Gasteiger partial charge in [0.2, 0.25) is 0 Å². The van der Waals surface area contributed by atoms with E-state index < -0.39 is 0 Å². The second kappa shape index (κ2) is 7.31. The highest BCUT2D eigenvalue weighted by molar-refractivity contribution is 5.96. The Kier molecular flexibility index (Phi) is 5.44. The number of likely N-dealkylation sites (N-methyl/N-ethyl adjacent to an activating group) is 1. The molecule has 1 aliphatic heterocycles. The van der Waals surface area contributed by atoms with Crippen molar-refractivity contribution in [3.05, 3.63) is 23.8 Å². The lowest BCUT2D eigenvalue weighted by Crippen LogP contribution is -2.31. The lowest BCUT2D eigenvalue weighted by atomic mass is 10.1. The molecule has 1 fully saturated rings. The fourth-order valence-electron chi connectivity index (χ4n) is 2.72. The molecule has 0 aliphatic carbocycles. The summed E-state index contributed by atoms with van der Waals surface area (Å²) < 4.78 is 0. The van der Waals surface area contributed by atoms with Gasteiger partial charge < -0.3 is 20.9 Å². The Labute approximate surface area is 127 Å². The second-order valence-electron chi connectivity index (χ2n) is 5.60. The summed E-state index contributed by atoms with van der Waals surface area (Å²) in [5.41, 5.74) is 8.36. The van der Waals surface area contributed by atoms with Crippen LogP contribution < -0.4 is 16.0 Å². The molecule has 1 saturated heterocycles. The van der Waals surface area contributed by atoms with Crippen LogP contribution in [-0.4, -0.2) is 50.6 Å². The number of nitrogens with zero attached hydrogens (tertiary/aromatic N) is 2. The predicted molar refractivity (Wildman–Crippen MR) is 87.8 cm³/mol. The molecule has 1 aromatic rings. The number of carbonyl (C=O) groups excluding carboxylic acids is 1. The van der Waals surface area contributed by atoms with Crippen molar-refractivity contribution in [1.82, 2.24) is 10.2 Å². The van der Waals surface area contributed by atoms with E-state index in [1.165, 1.54) is 25.9 Å². The normalized spacial score (nSPS) is 15.1. The van der Waals surface area contributed by atoms with E-state index in [1.54, 1.807) is 6.07 Å². The second-order valence-corrected chi connectivity index (χ2v) is 5.60. The highest BCUT2D eigenvalue weighted by atomic mass is 16.1. The third-order valence-electron chi connectivity index (χ3n) is 3.99. The van der Waals surface area contributed by atoms with E-state index >= 15 is 0 Å². The zero-order chi connectivity index (χ0) is 15.2. The van der Waals surface area contributed by atoms with Crippen molar-refractivity contribution < 1.29 is 4.79 Å². The lowest BCUT2D eigenvalue weighted by Gasteiger charge is -2.24. The van der Waals surface area contributed by atoms with Crippen LogP contribution >= 0.6 is 0 Å². The van der Waals surface area contributed by atoms with Crippen molar-refractivity contribution in [3.8, 4) is 0 Å². The van der Waals surface area contributed by atoms with Crippen LogP contribution in [0.2, 0.25) is 0 Å². The molecule has 1 amide bonds. The Morgan fingerprint density at radius 1 is 1.38 bits per heavy atom. The smallest absolute Gasteiger partial charge is 0.251 e. The van der Waals surface area contributed by atoms with Crippen LogP contribution in [0.4, 0.5) is 11.4 Å². The summed E-state index contributed by atoms with van der Waals surface area (Å²) in [5, 5.41) is 2.79. The maximum absolute atomic E-state index is 11.8. The largest absolute Gasteiger partial charge is 0.397 e. The van der Waals surface area contributed by atoms with E-state index in [1.807, 2.05) is 26.1 Å². The van der Waals surface area contributed by atoms with Gasteiger partial charge in [0.25, 0.3) is 5.91 Å². The highest BCUT2D eigenvalue weighted by Gasteiger charge is 2.14. The van der Waals surface area contributed by atoms with E-state index in [-0.39, 0.29) is 5.91 Å². The Morgan fingerprint density at radius 2 is 2.10 bits per heavy atom. The molecule has 1 heterocycles. The first-order chi connectivity index (χ1) is 10.1. The summed E-state index contributed by atoms with van der Waals surface area (Å²) in [4.78, 5) is 16.4. The van der Waals surface area contributed by atoms with Gasteiger partial charge in [-0.25, -0.2) is 0 Å². The van der Waals surface area contributed by atoms with Gasteiger partial charge in [-0.15, -0.1) is 0 Å². The van der Waals surface area contributed by atoms with Gasteiger partial charge in [0, 0.05) is 32.2 Å². The van der Waals surface area contributed by atoms with Crippen LogP contribution in [0.1, 0.15) is 30.1 Å². The number of anilines is 2. The molecule has 0 spiro atoms. The van der Waals surface area contributed by atoms with Gasteiger partial charge in [0.1, 0.15) is 0 Å². The molecule has 2 rings (SSSR count). The van der Waals surface area contributed by atoms with Crippen LogP contribution in [0.15, 0.2) is 18.2 Å². The number of nitrogens with two attached hydrogens (primary N) is 1. The van der Waals surface area contributed by atoms with Gasteiger partial charge in [-0.3, -0.25) is 4.79 Å². The summed E-state index contributed by atoms with van der Waals surface area (Å²) in [6.07, 6.45) is 2.63. The van der Waals surface area contributed by atoms with Gasteiger partial charge in [-0.05, 0) is 51.1 Å². The summed E-state index contributed by atoms with van der Waals surface area (Å²) in [6, 6.07) is 5.53. The van der Waals surface area contributed by atoms with Gasteiger partial charge in [-0.2, -0.15) is 0 Å². The number of carbonyl (C=O) groups is 1. The van der Waals surface area contributed by atoms with Crippen molar-refractivity contribution in [2.45, 2.75) is 19.8 Å². The standard InChI is InChI=1S/C16H26N4O/c1-3-18-16(21)13-6-7-15(14(17)12-13)19(2)10-11-20-8-4-5-9-20/h6-7,12H,3-5,8-11,17H2,1-2H3,(H,18,21). The van der Waals surface area contributed by atoms with E-state index in [0.717, 1.165) is 18.8 Å². The molecule has 0 bridgehead atoms. The number of amides is 1. The number of benzene rings is 1. The summed E-state index contributed by atoms with van der Waals surface area (Å²) >= 11 is 0. The highest BCUT2D eigenvalue weighted by Crippen LogP contribution is 2.23. The first-order valence-electron chi connectivity index (χ1n) is 7.73. The molecule has 5 nitrogen and oxygen atoms in total. The molecule has 1 aromatic carbocycles. The van der Waals surface area contributed by atoms with Crippen molar-refractivity contribution in [3.63, 3.8) is 0 Å².